The van der Waals surface area contributed by atoms with Gasteiger partial charge < -0.3 is 5.32 Å². The molecule has 1 N–H and O–H groups in total. The van der Waals surface area contributed by atoms with Crippen molar-refractivity contribution in [3.8, 4) is 0 Å². The summed E-state index contributed by atoms with van der Waals surface area (Å²) < 4.78 is 1.01. The molecular formula is C18H21BrClN. The SMILES string of the molecule is CCCc1cccc(C(NCC)c2cc(Cl)cc(Br)c2)c1. The van der Waals surface area contributed by atoms with Gasteiger partial charge in [-0.1, -0.05) is 72.1 Å². The van der Waals surface area contributed by atoms with E-state index in [9.17, 15) is 0 Å². The summed E-state index contributed by atoms with van der Waals surface area (Å²) in [6.07, 6.45) is 2.28. The summed E-state index contributed by atoms with van der Waals surface area (Å²) in [6, 6.07) is 15.1. The van der Waals surface area contributed by atoms with Crippen LogP contribution in [0, 0.1) is 0 Å². The van der Waals surface area contributed by atoms with E-state index < -0.39 is 0 Å². The van der Waals surface area contributed by atoms with Gasteiger partial charge in [-0.2, -0.15) is 0 Å². The van der Waals surface area contributed by atoms with Crippen LogP contribution in [0.3, 0.4) is 0 Å². The molecule has 0 aliphatic carbocycles. The fourth-order valence-electron chi connectivity index (χ4n) is 2.59. The van der Waals surface area contributed by atoms with Crippen LogP contribution in [0.1, 0.15) is 43.0 Å². The second-order valence-electron chi connectivity index (χ2n) is 5.19. The largest absolute Gasteiger partial charge is 0.307 e. The third kappa shape index (κ3) is 4.57. The number of nitrogens with one attached hydrogen (secondary N) is 1. The zero-order chi connectivity index (χ0) is 15.2. The highest BCUT2D eigenvalue weighted by molar-refractivity contribution is 9.10. The molecule has 0 fully saturated rings. The van der Waals surface area contributed by atoms with E-state index in [0.717, 1.165) is 28.9 Å². The Hall–Kier alpha value is -0.830. The van der Waals surface area contributed by atoms with Crippen LogP contribution < -0.4 is 5.32 Å². The summed E-state index contributed by atoms with van der Waals surface area (Å²) in [5, 5.41) is 4.32. The molecule has 0 aromatic heterocycles. The first-order valence-electron chi connectivity index (χ1n) is 7.42. The normalized spacial score (nSPS) is 12.4. The Bertz CT molecular complexity index is 577. The second kappa shape index (κ2) is 7.98. The van der Waals surface area contributed by atoms with Crippen LogP contribution in [-0.2, 0) is 6.42 Å². The molecule has 0 aliphatic heterocycles. The van der Waals surface area contributed by atoms with Crippen LogP contribution in [0.4, 0.5) is 0 Å². The molecule has 21 heavy (non-hydrogen) atoms. The van der Waals surface area contributed by atoms with E-state index in [-0.39, 0.29) is 6.04 Å². The van der Waals surface area contributed by atoms with Crippen molar-refractivity contribution in [2.75, 3.05) is 6.54 Å². The molecule has 0 amide bonds. The van der Waals surface area contributed by atoms with Crippen LogP contribution >= 0.6 is 27.5 Å². The Kier molecular flexibility index (Phi) is 6.28. The Morgan fingerprint density at radius 2 is 1.90 bits per heavy atom. The number of halogens is 2. The van der Waals surface area contributed by atoms with Crippen molar-refractivity contribution in [1.29, 1.82) is 0 Å². The zero-order valence-electron chi connectivity index (χ0n) is 12.5. The van der Waals surface area contributed by atoms with Crippen LogP contribution in [0.15, 0.2) is 46.9 Å². The number of aryl methyl sites for hydroxylation is 1. The lowest BCUT2D eigenvalue weighted by Gasteiger charge is -2.20. The van der Waals surface area contributed by atoms with Gasteiger partial charge in [0.2, 0.25) is 0 Å². The van der Waals surface area contributed by atoms with Crippen molar-refractivity contribution in [2.24, 2.45) is 0 Å². The predicted octanol–water partition coefficient (Wildman–Crippen LogP) is 5.75. The van der Waals surface area contributed by atoms with Crippen LogP contribution in [0.2, 0.25) is 5.02 Å². The van der Waals surface area contributed by atoms with E-state index in [0.29, 0.717) is 0 Å². The molecule has 0 saturated carbocycles. The minimum Gasteiger partial charge on any atom is -0.307 e. The summed E-state index contributed by atoms with van der Waals surface area (Å²) >= 11 is 9.74. The van der Waals surface area contributed by atoms with Crippen molar-refractivity contribution in [2.45, 2.75) is 32.7 Å². The standard InChI is InChI=1S/C18H21BrClN/c1-3-6-13-7-5-8-14(9-13)18(21-4-2)15-10-16(19)12-17(20)11-15/h5,7-12,18,21H,3-4,6H2,1-2H3. The Labute approximate surface area is 140 Å². The van der Waals surface area contributed by atoms with Crippen LogP contribution in [0.5, 0.6) is 0 Å². The number of hydrogen-bond donors (Lipinski definition) is 1. The highest BCUT2D eigenvalue weighted by atomic mass is 79.9. The van der Waals surface area contributed by atoms with Crippen LogP contribution in [-0.4, -0.2) is 6.54 Å². The lowest BCUT2D eigenvalue weighted by Crippen LogP contribution is -2.22. The quantitative estimate of drug-likeness (QED) is 0.686. The van der Waals surface area contributed by atoms with Gasteiger partial charge >= 0.3 is 0 Å². The maximum Gasteiger partial charge on any atom is 0.0577 e. The molecule has 0 spiro atoms. The molecule has 1 nitrogen and oxygen atoms in total. The molecule has 2 rings (SSSR count). The molecule has 0 heterocycles. The number of benzene rings is 2. The molecule has 112 valence electrons. The van der Waals surface area contributed by atoms with Gasteiger partial charge in [0, 0.05) is 9.50 Å². The molecule has 2 aromatic carbocycles. The van der Waals surface area contributed by atoms with Crippen LogP contribution in [0.25, 0.3) is 0 Å². The fraction of sp³-hybridized carbons (Fsp3) is 0.333. The monoisotopic (exact) mass is 365 g/mol. The predicted molar refractivity (Wildman–Crippen MR) is 95.1 cm³/mol. The molecule has 1 atom stereocenters. The Morgan fingerprint density at radius 1 is 1.10 bits per heavy atom. The van der Waals surface area contributed by atoms with Crippen molar-refractivity contribution in [3.05, 3.63) is 68.7 Å². The maximum atomic E-state index is 6.21. The number of rotatable bonds is 6. The molecule has 0 radical (unpaired) electrons. The van der Waals surface area contributed by atoms with Gasteiger partial charge in [-0.15, -0.1) is 0 Å². The summed E-state index contributed by atoms with van der Waals surface area (Å²) in [5.41, 5.74) is 3.86. The molecule has 1 unspecified atom stereocenters. The zero-order valence-corrected chi connectivity index (χ0v) is 14.8. The molecule has 3 heteroatoms. The smallest absolute Gasteiger partial charge is 0.0577 e. The minimum atomic E-state index is 0.168. The maximum absolute atomic E-state index is 6.21. The second-order valence-corrected chi connectivity index (χ2v) is 6.54. The molecule has 0 aliphatic rings. The van der Waals surface area contributed by atoms with Crippen molar-refractivity contribution in [3.63, 3.8) is 0 Å². The third-order valence-corrected chi connectivity index (χ3v) is 4.13. The van der Waals surface area contributed by atoms with Gasteiger partial charge in [0.1, 0.15) is 0 Å². The fourth-order valence-corrected chi connectivity index (χ4v) is 3.48. The highest BCUT2D eigenvalue weighted by Gasteiger charge is 2.14. The van der Waals surface area contributed by atoms with Gasteiger partial charge in [-0.3, -0.25) is 0 Å². The van der Waals surface area contributed by atoms with E-state index in [1.165, 1.54) is 16.7 Å². The average molecular weight is 367 g/mol. The van der Waals surface area contributed by atoms with E-state index >= 15 is 0 Å². The van der Waals surface area contributed by atoms with Gasteiger partial charge in [-0.05, 0) is 47.9 Å². The Morgan fingerprint density at radius 3 is 2.57 bits per heavy atom. The van der Waals surface area contributed by atoms with Crippen molar-refractivity contribution in [1.82, 2.24) is 5.32 Å². The summed E-state index contributed by atoms with van der Waals surface area (Å²) in [7, 11) is 0. The minimum absolute atomic E-state index is 0.168. The first kappa shape index (κ1) is 16.5. The van der Waals surface area contributed by atoms with Gasteiger partial charge in [-0.25, -0.2) is 0 Å². The molecule has 0 saturated heterocycles. The van der Waals surface area contributed by atoms with Gasteiger partial charge in [0.05, 0.1) is 6.04 Å². The first-order valence-corrected chi connectivity index (χ1v) is 8.59. The molecule has 0 bridgehead atoms. The third-order valence-electron chi connectivity index (χ3n) is 3.45. The van der Waals surface area contributed by atoms with Crippen molar-refractivity contribution < 1.29 is 0 Å². The summed E-state index contributed by atoms with van der Waals surface area (Å²) in [4.78, 5) is 0. The average Bonchev–Trinajstić information content (AvgIpc) is 2.44. The molecular weight excluding hydrogens is 346 g/mol. The van der Waals surface area contributed by atoms with Gasteiger partial charge in [0.15, 0.2) is 0 Å². The Balaban J connectivity index is 2.40. The molecule has 2 aromatic rings. The lowest BCUT2D eigenvalue weighted by atomic mass is 9.96. The highest BCUT2D eigenvalue weighted by Crippen LogP contribution is 2.28. The van der Waals surface area contributed by atoms with E-state index in [4.69, 9.17) is 11.6 Å². The van der Waals surface area contributed by atoms with Gasteiger partial charge in [0.25, 0.3) is 0 Å². The summed E-state index contributed by atoms with van der Waals surface area (Å²) in [5.74, 6) is 0. The van der Waals surface area contributed by atoms with E-state index in [1.54, 1.807) is 0 Å². The van der Waals surface area contributed by atoms with Crippen molar-refractivity contribution >= 4 is 27.5 Å². The number of hydrogen-bond acceptors (Lipinski definition) is 1. The lowest BCUT2D eigenvalue weighted by molar-refractivity contribution is 0.629. The summed E-state index contributed by atoms with van der Waals surface area (Å²) in [6.45, 7) is 5.25. The van der Waals surface area contributed by atoms with E-state index in [1.807, 2.05) is 12.1 Å². The topological polar surface area (TPSA) is 12.0 Å². The van der Waals surface area contributed by atoms with E-state index in [2.05, 4.69) is 65.4 Å². The first-order chi connectivity index (χ1) is 10.1.